The highest BCUT2D eigenvalue weighted by Crippen LogP contribution is 2.45. The van der Waals surface area contributed by atoms with Crippen molar-refractivity contribution in [2.75, 3.05) is 96.3 Å². The second-order valence-corrected chi connectivity index (χ2v) is 22.4. The quantitative estimate of drug-likeness (QED) is 0.0306. The van der Waals surface area contributed by atoms with E-state index in [2.05, 4.69) is 38.2 Å². The minimum atomic E-state index is -2.53. The number of anilines is 2. The highest BCUT2D eigenvalue weighted by molar-refractivity contribution is 6.98. The Morgan fingerprint density at radius 2 is 1.42 bits per heavy atom. The molecule has 1 N–H and O–H groups in total. The van der Waals surface area contributed by atoms with E-state index in [0.717, 1.165) is 54.4 Å². The van der Waals surface area contributed by atoms with Crippen LogP contribution < -0.4 is 15.4 Å². The van der Waals surface area contributed by atoms with Crippen LogP contribution in [0.3, 0.4) is 0 Å². The number of amides is 4. The van der Waals surface area contributed by atoms with E-state index < -0.39 is 31.8 Å². The van der Waals surface area contributed by atoms with Crippen LogP contribution in [0.4, 0.5) is 25.8 Å². The van der Waals surface area contributed by atoms with Gasteiger partial charge in [-0.05, 0) is 87.6 Å². The third-order valence-electron chi connectivity index (χ3n) is 12.9. The van der Waals surface area contributed by atoms with Gasteiger partial charge < -0.3 is 34.0 Å². The van der Waals surface area contributed by atoms with Gasteiger partial charge in [-0.15, -0.1) is 10.2 Å². The summed E-state index contributed by atoms with van der Waals surface area (Å²) in [5.41, 5.74) is 4.90. The van der Waals surface area contributed by atoms with Crippen molar-refractivity contribution in [2.24, 2.45) is 10.3 Å². The van der Waals surface area contributed by atoms with Crippen LogP contribution in [-0.4, -0.2) is 144 Å². The second-order valence-electron chi connectivity index (χ2n) is 18.0. The van der Waals surface area contributed by atoms with Crippen LogP contribution in [0, 0.1) is 5.82 Å². The number of fused-ring (bicyclic) bond motifs is 2. The standard InChI is InChI=1S/C51H57F2N7O10Si/c1-57(56-55-35-12-10-34(11-13-35)54-46(61)16-22-66-24-26-68-28-29-69-27-25-67-23-17-49(64)70-60-47(62)14-15-48(60)63)51(65)37-9-5-4-8-36(37)50-38-30-40(52)42(58-18-6-19-58)32-44(38)71(2,3)45-33-43(59-20-7-21-59)41(53)31-39(45)50/h4-5,8-13,30-33H,6-7,14-29H2,1-3H3/p+1. The average molecular weight is 995 g/mol. The molecule has 0 atom stereocenters. The summed E-state index contributed by atoms with van der Waals surface area (Å²) in [6, 6.07) is 17.3. The fourth-order valence-electron chi connectivity index (χ4n) is 8.69. The van der Waals surface area contributed by atoms with E-state index in [-0.39, 0.29) is 76.3 Å². The lowest BCUT2D eigenvalue weighted by molar-refractivity contribution is -0.582. The lowest BCUT2D eigenvalue weighted by Crippen LogP contribution is -2.51. The number of nitrogens with one attached hydrogen (secondary N) is 1. The molecule has 4 heterocycles. The summed E-state index contributed by atoms with van der Waals surface area (Å²) in [7, 11) is -1.03. The molecule has 3 saturated heterocycles. The van der Waals surface area contributed by atoms with Gasteiger partial charge in [0, 0.05) is 50.3 Å². The maximum absolute atomic E-state index is 16.1. The first-order valence-electron chi connectivity index (χ1n) is 23.9. The topological polar surface area (TPSA) is 181 Å². The average Bonchev–Trinajstić information content (AvgIpc) is 3.63. The summed E-state index contributed by atoms with van der Waals surface area (Å²) >= 11 is 0. The Morgan fingerprint density at radius 3 is 2.04 bits per heavy atom. The van der Waals surface area contributed by atoms with E-state index in [9.17, 15) is 24.0 Å². The normalized spacial score (nSPS) is 17.1. The van der Waals surface area contributed by atoms with Crippen LogP contribution in [0.1, 0.15) is 60.0 Å². The van der Waals surface area contributed by atoms with Gasteiger partial charge in [0.25, 0.3) is 17.7 Å². The highest BCUT2D eigenvalue weighted by Gasteiger charge is 2.44. The third kappa shape index (κ3) is 12.0. The van der Waals surface area contributed by atoms with Gasteiger partial charge in [0.15, 0.2) is 5.83 Å². The molecule has 17 nitrogen and oxygen atoms in total. The maximum Gasteiger partial charge on any atom is 0.335 e. The lowest BCUT2D eigenvalue weighted by atomic mass is 9.86. The minimum absolute atomic E-state index is 0.0327. The molecular weight excluding hydrogens is 937 g/mol. The Labute approximate surface area is 411 Å². The minimum Gasteiger partial charge on any atom is -0.379 e. The summed E-state index contributed by atoms with van der Waals surface area (Å²) in [4.78, 5) is 68.4. The van der Waals surface area contributed by atoms with Crippen LogP contribution in [-0.2, 0) is 43.0 Å². The van der Waals surface area contributed by atoms with E-state index in [0.29, 0.717) is 75.5 Å². The molecule has 5 aliphatic rings. The molecule has 0 aromatic heterocycles. The summed E-state index contributed by atoms with van der Waals surface area (Å²) < 4.78 is 56.0. The Morgan fingerprint density at radius 1 is 0.789 bits per heavy atom. The number of ether oxygens (including phenoxy) is 4. The first-order chi connectivity index (χ1) is 34.3. The molecule has 3 aromatic carbocycles. The predicted molar refractivity (Wildman–Crippen MR) is 261 cm³/mol. The number of hydrogen-bond acceptors (Lipinski definition) is 13. The van der Waals surface area contributed by atoms with Gasteiger partial charge in [-0.1, -0.05) is 36.5 Å². The number of allylic oxidation sites excluding steroid dienone is 5. The van der Waals surface area contributed by atoms with Crippen molar-refractivity contribution in [2.45, 2.75) is 51.6 Å². The zero-order valence-electron chi connectivity index (χ0n) is 40.2. The number of hydrogen-bond donors (Lipinski definition) is 1. The zero-order valence-corrected chi connectivity index (χ0v) is 41.2. The predicted octanol–water partition coefficient (Wildman–Crippen LogP) is 6.12. The smallest absolute Gasteiger partial charge is 0.335 e. The van der Waals surface area contributed by atoms with Crippen molar-refractivity contribution in [3.8, 4) is 0 Å². The molecule has 3 aromatic rings. The molecule has 0 bridgehead atoms. The van der Waals surface area contributed by atoms with Crippen LogP contribution in [0.15, 0.2) is 99.7 Å². The number of carbonyl (C=O) groups is 5. The van der Waals surface area contributed by atoms with E-state index >= 15 is 8.78 Å². The first kappa shape index (κ1) is 50.8. The van der Waals surface area contributed by atoms with Gasteiger partial charge in [-0.2, -0.15) is 4.39 Å². The fourth-order valence-corrected chi connectivity index (χ4v) is 11.7. The van der Waals surface area contributed by atoms with Gasteiger partial charge in [0.05, 0.1) is 83.5 Å². The summed E-state index contributed by atoms with van der Waals surface area (Å²) in [6.07, 6.45) is 5.64. The van der Waals surface area contributed by atoms with Crippen molar-refractivity contribution in [1.29, 1.82) is 0 Å². The summed E-state index contributed by atoms with van der Waals surface area (Å²) in [5.74, 6) is -3.21. The molecule has 1 aliphatic carbocycles. The first-order valence-corrected chi connectivity index (χ1v) is 26.9. The molecule has 0 spiro atoms. The number of benzene rings is 3. The van der Waals surface area contributed by atoms with E-state index in [1.807, 2.05) is 24.3 Å². The molecule has 0 unspecified atom stereocenters. The number of carbonyl (C=O) groups excluding carboxylic acids is 5. The number of hydroxylamine groups is 2. The largest absolute Gasteiger partial charge is 0.379 e. The number of imide groups is 1. The lowest BCUT2D eigenvalue weighted by Gasteiger charge is -2.40. The molecule has 4 aliphatic heterocycles. The van der Waals surface area contributed by atoms with Crippen molar-refractivity contribution in [3.63, 3.8) is 0 Å². The Balaban J connectivity index is 0.790. The summed E-state index contributed by atoms with van der Waals surface area (Å²) in [6.45, 7) is 9.57. The molecule has 3 fully saturated rings. The molecule has 0 saturated carbocycles. The van der Waals surface area contributed by atoms with E-state index in [1.165, 1.54) is 7.05 Å². The van der Waals surface area contributed by atoms with Crippen molar-refractivity contribution in [1.82, 2.24) is 10.1 Å². The van der Waals surface area contributed by atoms with Crippen molar-refractivity contribution < 1.29 is 61.1 Å². The molecule has 0 radical (unpaired) electrons. The van der Waals surface area contributed by atoms with E-state index in [4.69, 9.17) is 23.8 Å². The molecule has 71 heavy (non-hydrogen) atoms. The molecule has 374 valence electrons. The maximum atomic E-state index is 16.1. The zero-order chi connectivity index (χ0) is 50.1. The van der Waals surface area contributed by atoms with Gasteiger partial charge in [-0.25, -0.2) is 18.8 Å². The molecule has 4 amide bonds. The van der Waals surface area contributed by atoms with Crippen molar-refractivity contribution in [3.05, 3.63) is 112 Å². The van der Waals surface area contributed by atoms with Gasteiger partial charge >= 0.3 is 5.97 Å². The molecule has 20 heteroatoms. The van der Waals surface area contributed by atoms with Gasteiger partial charge in [0.1, 0.15) is 27.0 Å². The number of nitrogens with zero attached hydrogens (tertiary/aromatic N) is 6. The van der Waals surface area contributed by atoms with Crippen LogP contribution in [0.5, 0.6) is 0 Å². The summed E-state index contributed by atoms with van der Waals surface area (Å²) in [5, 5.41) is 15.0. The Bertz CT molecular complexity index is 2700. The van der Waals surface area contributed by atoms with E-state index in [1.54, 1.807) is 48.5 Å². The molecular formula is C51H58F2N7O10Si+. The SMILES string of the molecule is CN(N=Nc1ccc(NC(=O)CCOCCOCCOCCOCCC(=O)ON2C(=O)CCC2=O)cc1)C(=O)c1ccccc1C1=C2C=C(F)C(=[N+]3CCC3)C=C2[Si](C)(C)c2cc(N3CCC3)c(F)cc21. The number of rotatable bonds is 22. The highest BCUT2D eigenvalue weighted by atomic mass is 28.3. The second kappa shape index (κ2) is 23.1. The van der Waals surface area contributed by atoms with Crippen LogP contribution in [0.2, 0.25) is 13.1 Å². The van der Waals surface area contributed by atoms with Crippen molar-refractivity contribution >= 4 is 71.2 Å². The monoisotopic (exact) mass is 994 g/mol. The van der Waals surface area contributed by atoms with Gasteiger partial charge in [-0.3, -0.25) is 19.2 Å². The fraction of sp³-hybridized carbons (Fsp3) is 0.412. The van der Waals surface area contributed by atoms with Crippen LogP contribution >= 0.6 is 0 Å². The number of halogens is 2. The van der Waals surface area contributed by atoms with Crippen LogP contribution in [0.25, 0.3) is 5.57 Å². The Hall–Kier alpha value is -6.58. The van der Waals surface area contributed by atoms with Gasteiger partial charge in [0.2, 0.25) is 11.6 Å². The third-order valence-corrected chi connectivity index (χ3v) is 16.4. The Kier molecular flexibility index (Phi) is 16.5. The molecule has 8 rings (SSSR count).